The zero-order chi connectivity index (χ0) is 19.9. The van der Waals surface area contributed by atoms with E-state index < -0.39 is 10.0 Å². The van der Waals surface area contributed by atoms with Gasteiger partial charge in [-0.3, -0.25) is 4.68 Å². The van der Waals surface area contributed by atoms with E-state index in [1.807, 2.05) is 32.0 Å². The van der Waals surface area contributed by atoms with Crippen LogP contribution in [0.15, 0.2) is 11.0 Å². The van der Waals surface area contributed by atoms with E-state index in [9.17, 15) is 8.42 Å². The van der Waals surface area contributed by atoms with E-state index in [1.54, 1.807) is 29.9 Å². The first-order valence-corrected chi connectivity index (χ1v) is 10.3. The molecule has 1 aliphatic heterocycles. The molecule has 3 heterocycles. The minimum absolute atomic E-state index is 0.325. The van der Waals surface area contributed by atoms with E-state index in [-0.39, 0.29) is 0 Å². The van der Waals surface area contributed by atoms with Gasteiger partial charge in [0, 0.05) is 53.4 Å². The van der Waals surface area contributed by atoms with Crippen molar-refractivity contribution in [1.29, 1.82) is 0 Å². The van der Waals surface area contributed by atoms with Crippen molar-refractivity contribution < 1.29 is 8.42 Å². The Balaban J connectivity index is 1.79. The molecular formula is C17H27N7O2S. The van der Waals surface area contributed by atoms with Gasteiger partial charge >= 0.3 is 0 Å². The van der Waals surface area contributed by atoms with E-state index in [0.29, 0.717) is 48.3 Å². The number of aromatic nitrogens is 4. The van der Waals surface area contributed by atoms with Gasteiger partial charge in [0.15, 0.2) is 0 Å². The number of piperazine rings is 1. The Labute approximate surface area is 160 Å². The second kappa shape index (κ2) is 7.08. The Hall–Kier alpha value is -2.20. The lowest BCUT2D eigenvalue weighted by Crippen LogP contribution is -2.49. The van der Waals surface area contributed by atoms with Gasteiger partial charge in [0.2, 0.25) is 10.0 Å². The lowest BCUT2D eigenvalue weighted by Gasteiger charge is -2.35. The Morgan fingerprint density at radius 3 is 2.19 bits per heavy atom. The summed E-state index contributed by atoms with van der Waals surface area (Å²) in [5.74, 6) is 2.37. The highest BCUT2D eigenvalue weighted by molar-refractivity contribution is 7.89. The molecule has 0 spiro atoms. The maximum atomic E-state index is 13.1. The molecule has 3 rings (SSSR count). The van der Waals surface area contributed by atoms with Crippen LogP contribution in [0.1, 0.15) is 17.2 Å². The van der Waals surface area contributed by atoms with E-state index in [2.05, 4.69) is 20.0 Å². The zero-order valence-electron chi connectivity index (χ0n) is 16.8. The maximum absolute atomic E-state index is 13.1. The van der Waals surface area contributed by atoms with Crippen LogP contribution in [0.5, 0.6) is 0 Å². The largest absolute Gasteiger partial charge is 0.363 e. The number of rotatable bonds is 4. The van der Waals surface area contributed by atoms with Crippen LogP contribution in [-0.2, 0) is 17.1 Å². The summed E-state index contributed by atoms with van der Waals surface area (Å²) in [4.78, 5) is 13.3. The Morgan fingerprint density at radius 2 is 1.67 bits per heavy atom. The van der Waals surface area contributed by atoms with Crippen molar-refractivity contribution in [3.63, 3.8) is 0 Å². The molecule has 0 radical (unpaired) electrons. The van der Waals surface area contributed by atoms with Crippen molar-refractivity contribution in [1.82, 2.24) is 24.1 Å². The second-order valence-electron chi connectivity index (χ2n) is 7.04. The molecule has 1 aliphatic rings. The predicted molar refractivity (Wildman–Crippen MR) is 105 cm³/mol. The Kier molecular flexibility index (Phi) is 5.13. The van der Waals surface area contributed by atoms with E-state index in [4.69, 9.17) is 0 Å². The van der Waals surface area contributed by atoms with E-state index >= 15 is 0 Å². The van der Waals surface area contributed by atoms with Gasteiger partial charge in [-0.05, 0) is 20.8 Å². The van der Waals surface area contributed by atoms with Gasteiger partial charge < -0.3 is 9.80 Å². The Bertz CT molecular complexity index is 944. The topological polar surface area (TPSA) is 87.5 Å². The smallest absolute Gasteiger partial charge is 0.246 e. The molecular weight excluding hydrogens is 366 g/mol. The molecule has 2 aromatic rings. The molecule has 10 heteroatoms. The molecule has 0 amide bonds. The highest BCUT2D eigenvalue weighted by Gasteiger charge is 2.33. The fourth-order valence-electron chi connectivity index (χ4n) is 3.34. The van der Waals surface area contributed by atoms with Gasteiger partial charge in [0.05, 0.1) is 11.4 Å². The van der Waals surface area contributed by atoms with E-state index in [1.165, 1.54) is 0 Å². The molecule has 0 bridgehead atoms. The van der Waals surface area contributed by atoms with Crippen LogP contribution < -0.4 is 9.80 Å². The van der Waals surface area contributed by atoms with Crippen molar-refractivity contribution in [2.45, 2.75) is 25.7 Å². The molecule has 0 saturated carbocycles. The molecule has 1 saturated heterocycles. The SMILES string of the molecule is Cc1nc(N(C)C)cc(N2CCN(S(=O)(=O)c3c(C)nn(C)c3C)CC2)n1. The Morgan fingerprint density at radius 1 is 1.04 bits per heavy atom. The molecule has 2 aromatic heterocycles. The molecule has 9 nitrogen and oxygen atoms in total. The third kappa shape index (κ3) is 3.63. The van der Waals surface area contributed by atoms with Gasteiger partial charge in [-0.15, -0.1) is 0 Å². The molecule has 27 heavy (non-hydrogen) atoms. The normalized spacial score (nSPS) is 16.0. The summed E-state index contributed by atoms with van der Waals surface area (Å²) in [7, 11) is 2.09. The van der Waals surface area contributed by atoms with Crippen LogP contribution in [-0.4, -0.2) is 72.7 Å². The van der Waals surface area contributed by atoms with Crippen molar-refractivity contribution in [2.24, 2.45) is 7.05 Å². The average Bonchev–Trinajstić information content (AvgIpc) is 2.87. The zero-order valence-corrected chi connectivity index (χ0v) is 17.6. The van der Waals surface area contributed by atoms with Crippen LogP contribution in [0.3, 0.4) is 0 Å². The average molecular weight is 394 g/mol. The van der Waals surface area contributed by atoms with Crippen molar-refractivity contribution in [2.75, 3.05) is 50.1 Å². The summed E-state index contributed by atoms with van der Waals surface area (Å²) in [6.45, 7) is 7.39. The number of nitrogens with zero attached hydrogens (tertiary/aromatic N) is 7. The van der Waals surface area contributed by atoms with Crippen LogP contribution in [0.2, 0.25) is 0 Å². The third-order valence-corrected chi connectivity index (χ3v) is 7.02. The number of hydrogen-bond acceptors (Lipinski definition) is 7. The van der Waals surface area contributed by atoms with Crippen molar-refractivity contribution in [3.05, 3.63) is 23.3 Å². The summed E-state index contributed by atoms with van der Waals surface area (Å²) >= 11 is 0. The van der Waals surface area contributed by atoms with Crippen LogP contribution in [0.25, 0.3) is 0 Å². The van der Waals surface area contributed by atoms with Gasteiger partial charge in [-0.1, -0.05) is 0 Å². The third-order valence-electron chi connectivity index (χ3n) is 4.87. The molecule has 0 N–H and O–H groups in total. The highest BCUT2D eigenvalue weighted by atomic mass is 32.2. The first kappa shape index (κ1) is 19.6. The quantitative estimate of drug-likeness (QED) is 0.756. The number of anilines is 2. The van der Waals surface area contributed by atoms with Gasteiger partial charge in [-0.2, -0.15) is 9.40 Å². The monoisotopic (exact) mass is 393 g/mol. The molecule has 0 atom stereocenters. The lowest BCUT2D eigenvalue weighted by atomic mass is 10.3. The van der Waals surface area contributed by atoms with Gasteiger partial charge in [0.1, 0.15) is 22.4 Å². The molecule has 0 aliphatic carbocycles. The summed E-state index contributed by atoms with van der Waals surface area (Å²) in [6.07, 6.45) is 0. The van der Waals surface area contributed by atoms with Crippen LogP contribution in [0, 0.1) is 20.8 Å². The highest BCUT2D eigenvalue weighted by Crippen LogP contribution is 2.25. The molecule has 1 fully saturated rings. The first-order valence-electron chi connectivity index (χ1n) is 8.89. The minimum Gasteiger partial charge on any atom is -0.363 e. The van der Waals surface area contributed by atoms with Gasteiger partial charge in [-0.25, -0.2) is 18.4 Å². The lowest BCUT2D eigenvalue weighted by molar-refractivity contribution is 0.383. The van der Waals surface area contributed by atoms with Crippen LogP contribution >= 0.6 is 0 Å². The van der Waals surface area contributed by atoms with Gasteiger partial charge in [0.25, 0.3) is 0 Å². The maximum Gasteiger partial charge on any atom is 0.246 e. The molecule has 0 unspecified atom stereocenters. The molecule has 0 aromatic carbocycles. The first-order chi connectivity index (χ1) is 12.6. The summed E-state index contributed by atoms with van der Waals surface area (Å²) in [5.41, 5.74) is 1.21. The standard InChI is InChI=1S/C17H27N7O2S/c1-12-17(13(2)22(6)20-12)27(25,26)24-9-7-23(8-10-24)16-11-15(21(4)5)18-14(3)19-16/h11H,7-10H2,1-6H3. The summed E-state index contributed by atoms with van der Waals surface area (Å²) in [5, 5.41) is 4.25. The van der Waals surface area contributed by atoms with Crippen LogP contribution in [0.4, 0.5) is 11.6 Å². The second-order valence-corrected chi connectivity index (χ2v) is 8.92. The fourth-order valence-corrected chi connectivity index (χ4v) is 5.16. The number of sulfonamides is 1. The van der Waals surface area contributed by atoms with Crippen molar-refractivity contribution >= 4 is 21.7 Å². The van der Waals surface area contributed by atoms with Crippen molar-refractivity contribution in [3.8, 4) is 0 Å². The predicted octanol–water partition coefficient (Wildman–Crippen LogP) is 0.712. The number of aryl methyl sites for hydroxylation is 3. The van der Waals surface area contributed by atoms with E-state index in [0.717, 1.165) is 11.6 Å². The fraction of sp³-hybridized carbons (Fsp3) is 0.588. The molecule has 148 valence electrons. The summed E-state index contributed by atoms with van der Waals surface area (Å²) < 4.78 is 29.4. The minimum atomic E-state index is -3.56. The number of hydrogen-bond donors (Lipinski definition) is 0. The summed E-state index contributed by atoms with van der Waals surface area (Å²) in [6, 6.07) is 1.94.